The maximum absolute atomic E-state index is 12.3. The van der Waals surface area contributed by atoms with Gasteiger partial charge in [-0.1, -0.05) is 60.3 Å². The molecule has 1 atom stereocenters. The lowest BCUT2D eigenvalue weighted by Gasteiger charge is -2.12. The van der Waals surface area contributed by atoms with Crippen LogP contribution in [0, 0.1) is 6.92 Å². The third-order valence-corrected chi connectivity index (χ3v) is 5.00. The van der Waals surface area contributed by atoms with Crippen molar-refractivity contribution < 1.29 is 9.59 Å². The summed E-state index contributed by atoms with van der Waals surface area (Å²) >= 11 is 1.18. The number of carbonyl (C=O) groups is 2. The second kappa shape index (κ2) is 9.14. The van der Waals surface area contributed by atoms with Crippen molar-refractivity contribution in [2.75, 3.05) is 0 Å². The van der Waals surface area contributed by atoms with E-state index in [0.29, 0.717) is 11.7 Å². The van der Waals surface area contributed by atoms with Crippen LogP contribution in [0.1, 0.15) is 18.1 Å². The van der Waals surface area contributed by atoms with Crippen molar-refractivity contribution in [2.45, 2.75) is 30.8 Å². The topological polar surface area (TPSA) is 102 Å². The number of tetrazole rings is 1. The fourth-order valence-corrected chi connectivity index (χ4v) is 3.25. The number of para-hydroxylation sites is 1. The van der Waals surface area contributed by atoms with Crippen molar-refractivity contribution in [3.8, 4) is 5.69 Å². The lowest BCUT2D eigenvalue weighted by molar-refractivity contribution is -0.119. The fraction of sp³-hybridized carbons (Fsp3) is 0.211. The molecule has 1 aromatic heterocycles. The molecule has 0 aliphatic carbocycles. The number of aromatic nitrogens is 4. The minimum absolute atomic E-state index is 0.340. The number of urea groups is 1. The van der Waals surface area contributed by atoms with Crippen LogP contribution in [-0.2, 0) is 11.3 Å². The molecule has 28 heavy (non-hydrogen) atoms. The molecular formula is C19H20N6O2S. The first-order valence-corrected chi connectivity index (χ1v) is 9.56. The van der Waals surface area contributed by atoms with Gasteiger partial charge in [0.15, 0.2) is 0 Å². The van der Waals surface area contributed by atoms with Gasteiger partial charge in [0.05, 0.1) is 10.9 Å². The number of thioether (sulfide) groups is 1. The first-order valence-electron chi connectivity index (χ1n) is 8.68. The molecule has 0 aliphatic rings. The highest BCUT2D eigenvalue weighted by Crippen LogP contribution is 2.24. The maximum atomic E-state index is 12.3. The van der Waals surface area contributed by atoms with Gasteiger partial charge in [0.1, 0.15) is 0 Å². The second-order valence-corrected chi connectivity index (χ2v) is 7.39. The Kier molecular flexibility index (Phi) is 6.38. The van der Waals surface area contributed by atoms with E-state index in [4.69, 9.17) is 0 Å². The lowest BCUT2D eigenvalue weighted by Crippen LogP contribution is -2.42. The zero-order valence-electron chi connectivity index (χ0n) is 15.5. The molecule has 2 N–H and O–H groups in total. The Labute approximate surface area is 166 Å². The average Bonchev–Trinajstić information content (AvgIpc) is 3.15. The smallest absolute Gasteiger partial charge is 0.321 e. The Morgan fingerprint density at radius 2 is 1.82 bits per heavy atom. The number of aryl methyl sites for hydroxylation is 1. The summed E-state index contributed by atoms with van der Waals surface area (Å²) in [6, 6.07) is 16.6. The number of carbonyl (C=O) groups excluding carboxylic acids is 2. The quantitative estimate of drug-likeness (QED) is 0.621. The van der Waals surface area contributed by atoms with E-state index in [1.807, 2.05) is 61.5 Å². The number of imide groups is 1. The maximum Gasteiger partial charge on any atom is 0.321 e. The Hall–Kier alpha value is -3.20. The van der Waals surface area contributed by atoms with Gasteiger partial charge in [-0.15, -0.1) is 5.10 Å². The van der Waals surface area contributed by atoms with Gasteiger partial charge in [-0.2, -0.15) is 4.68 Å². The summed E-state index contributed by atoms with van der Waals surface area (Å²) in [5.74, 6) is -0.421. The summed E-state index contributed by atoms with van der Waals surface area (Å²) in [6.45, 7) is 3.99. The van der Waals surface area contributed by atoms with Crippen LogP contribution in [0.4, 0.5) is 4.79 Å². The van der Waals surface area contributed by atoms with E-state index in [9.17, 15) is 9.59 Å². The molecule has 0 saturated heterocycles. The van der Waals surface area contributed by atoms with Crippen LogP contribution in [0.5, 0.6) is 0 Å². The molecule has 2 aromatic carbocycles. The number of nitrogens with zero attached hydrogens (tertiary/aromatic N) is 4. The van der Waals surface area contributed by atoms with Crippen LogP contribution in [0.15, 0.2) is 59.8 Å². The Morgan fingerprint density at radius 3 is 2.57 bits per heavy atom. The predicted octanol–water partition coefficient (Wildman–Crippen LogP) is 2.48. The first kappa shape index (κ1) is 19.6. The van der Waals surface area contributed by atoms with Crippen LogP contribution in [-0.4, -0.2) is 37.4 Å². The minimum Gasteiger partial charge on any atom is -0.334 e. The van der Waals surface area contributed by atoms with Crippen LogP contribution in [0.3, 0.4) is 0 Å². The SMILES string of the molecule is Cc1ccccc1-n1nnnc1S[C@H](C)C(=O)NC(=O)NCc1ccccc1. The largest absolute Gasteiger partial charge is 0.334 e. The van der Waals surface area contributed by atoms with E-state index in [1.165, 1.54) is 11.8 Å². The lowest BCUT2D eigenvalue weighted by atomic mass is 10.2. The normalized spacial score (nSPS) is 11.6. The molecule has 3 rings (SSSR count). The number of hydrogen-bond donors (Lipinski definition) is 2. The average molecular weight is 396 g/mol. The van der Waals surface area contributed by atoms with E-state index in [0.717, 1.165) is 16.8 Å². The van der Waals surface area contributed by atoms with Gasteiger partial charge in [0.25, 0.3) is 0 Å². The summed E-state index contributed by atoms with van der Waals surface area (Å²) in [5.41, 5.74) is 2.79. The van der Waals surface area contributed by atoms with Gasteiger partial charge in [0.2, 0.25) is 11.1 Å². The third-order valence-electron chi connectivity index (χ3n) is 3.97. The number of amides is 3. The van der Waals surface area contributed by atoms with Gasteiger partial charge >= 0.3 is 6.03 Å². The molecular weight excluding hydrogens is 376 g/mol. The van der Waals surface area contributed by atoms with E-state index < -0.39 is 17.2 Å². The third kappa shape index (κ3) is 4.95. The van der Waals surface area contributed by atoms with Gasteiger partial charge < -0.3 is 5.32 Å². The van der Waals surface area contributed by atoms with Crippen LogP contribution >= 0.6 is 11.8 Å². The molecule has 0 bridgehead atoms. The number of hydrogen-bond acceptors (Lipinski definition) is 6. The van der Waals surface area contributed by atoms with Crippen molar-refractivity contribution in [3.05, 3.63) is 65.7 Å². The van der Waals surface area contributed by atoms with Crippen molar-refractivity contribution in [2.24, 2.45) is 0 Å². The molecule has 0 spiro atoms. The number of benzene rings is 2. The zero-order valence-corrected chi connectivity index (χ0v) is 16.3. The number of rotatable bonds is 6. The fourth-order valence-electron chi connectivity index (χ4n) is 2.45. The van der Waals surface area contributed by atoms with E-state index >= 15 is 0 Å². The highest BCUT2D eigenvalue weighted by atomic mass is 32.2. The summed E-state index contributed by atoms with van der Waals surface area (Å²) in [5, 5.41) is 16.6. The summed E-state index contributed by atoms with van der Waals surface area (Å²) in [6.07, 6.45) is 0. The Morgan fingerprint density at radius 1 is 1.11 bits per heavy atom. The zero-order chi connectivity index (χ0) is 19.9. The van der Waals surface area contributed by atoms with Gasteiger partial charge in [-0.3, -0.25) is 10.1 Å². The molecule has 9 heteroatoms. The van der Waals surface area contributed by atoms with Crippen molar-refractivity contribution in [1.82, 2.24) is 30.8 Å². The summed E-state index contributed by atoms with van der Waals surface area (Å²) in [7, 11) is 0. The molecule has 0 fully saturated rings. The monoisotopic (exact) mass is 396 g/mol. The Balaban J connectivity index is 1.57. The first-order chi connectivity index (χ1) is 13.5. The molecule has 1 heterocycles. The van der Waals surface area contributed by atoms with Crippen LogP contribution in [0.25, 0.3) is 5.69 Å². The highest BCUT2D eigenvalue weighted by Gasteiger charge is 2.21. The number of nitrogens with one attached hydrogen (secondary N) is 2. The molecule has 3 amide bonds. The van der Waals surface area contributed by atoms with E-state index in [2.05, 4.69) is 26.2 Å². The van der Waals surface area contributed by atoms with Crippen molar-refractivity contribution in [3.63, 3.8) is 0 Å². The Bertz CT molecular complexity index is 960. The van der Waals surface area contributed by atoms with Crippen molar-refractivity contribution >= 4 is 23.7 Å². The van der Waals surface area contributed by atoms with Gasteiger partial charge in [-0.25, -0.2) is 4.79 Å². The molecule has 144 valence electrons. The highest BCUT2D eigenvalue weighted by molar-refractivity contribution is 8.00. The summed E-state index contributed by atoms with van der Waals surface area (Å²) in [4.78, 5) is 24.3. The van der Waals surface area contributed by atoms with Gasteiger partial charge in [-0.05, 0) is 41.5 Å². The van der Waals surface area contributed by atoms with Gasteiger partial charge in [0, 0.05) is 6.54 Å². The second-order valence-electron chi connectivity index (χ2n) is 6.08. The molecule has 8 nitrogen and oxygen atoms in total. The summed E-state index contributed by atoms with van der Waals surface area (Å²) < 4.78 is 1.58. The molecule has 3 aromatic rings. The van der Waals surface area contributed by atoms with Crippen LogP contribution < -0.4 is 10.6 Å². The standard InChI is InChI=1S/C19H20N6O2S/c1-13-8-6-7-11-16(13)25-19(22-23-24-25)28-14(2)17(26)21-18(27)20-12-15-9-4-3-5-10-15/h3-11,14H,12H2,1-2H3,(H2,20,21,26,27)/t14-/m1/s1. The predicted molar refractivity (Wildman–Crippen MR) is 106 cm³/mol. The van der Waals surface area contributed by atoms with E-state index in [-0.39, 0.29) is 0 Å². The molecule has 0 saturated carbocycles. The molecule has 0 radical (unpaired) electrons. The molecule has 0 unspecified atom stereocenters. The molecule has 0 aliphatic heterocycles. The minimum atomic E-state index is -0.559. The van der Waals surface area contributed by atoms with E-state index in [1.54, 1.807) is 11.6 Å². The van der Waals surface area contributed by atoms with Crippen LogP contribution in [0.2, 0.25) is 0 Å². The van der Waals surface area contributed by atoms with Crippen molar-refractivity contribution in [1.29, 1.82) is 0 Å².